The van der Waals surface area contributed by atoms with Crippen LogP contribution in [0.1, 0.15) is 39.1 Å². The quantitative estimate of drug-likeness (QED) is 0.379. The minimum absolute atomic E-state index is 0.175. The molecule has 0 atom stereocenters. The number of pyridine rings is 1. The van der Waals surface area contributed by atoms with Gasteiger partial charge in [-0.05, 0) is 30.0 Å². The molecular weight excluding hydrogens is 422 g/mol. The molecule has 0 saturated carbocycles. The summed E-state index contributed by atoms with van der Waals surface area (Å²) in [5.41, 5.74) is 1.79. The van der Waals surface area contributed by atoms with E-state index in [-0.39, 0.29) is 37.2 Å². The predicted octanol–water partition coefficient (Wildman–Crippen LogP) is 2.95. The molecule has 0 unspecified atom stereocenters. The van der Waals surface area contributed by atoms with Gasteiger partial charge in [0, 0.05) is 54.9 Å². The SMILES string of the molecule is COCCOc1ncccc1CNC(=O)CCCN1C(=O)c2cccc3cccc(c23)C1=O. The van der Waals surface area contributed by atoms with Gasteiger partial charge in [0.05, 0.1) is 6.61 Å². The summed E-state index contributed by atoms with van der Waals surface area (Å²) in [6.45, 7) is 1.25. The van der Waals surface area contributed by atoms with Crippen LogP contribution in [0.25, 0.3) is 10.8 Å². The van der Waals surface area contributed by atoms with Crippen LogP contribution >= 0.6 is 0 Å². The number of ether oxygens (including phenoxy) is 2. The maximum absolute atomic E-state index is 12.9. The van der Waals surface area contributed by atoms with Gasteiger partial charge in [-0.25, -0.2) is 4.98 Å². The second kappa shape index (κ2) is 10.2. The van der Waals surface area contributed by atoms with E-state index < -0.39 is 0 Å². The highest BCUT2D eigenvalue weighted by Crippen LogP contribution is 2.30. The Balaban J connectivity index is 1.32. The number of rotatable bonds is 10. The van der Waals surface area contributed by atoms with E-state index >= 15 is 0 Å². The van der Waals surface area contributed by atoms with Crippen LogP contribution in [0.4, 0.5) is 0 Å². The molecule has 1 N–H and O–H groups in total. The molecule has 0 fully saturated rings. The number of hydrogen-bond acceptors (Lipinski definition) is 6. The normalized spacial score (nSPS) is 12.8. The molecule has 3 amide bonds. The molecule has 1 aromatic heterocycles. The molecule has 1 aliphatic heterocycles. The second-order valence-corrected chi connectivity index (χ2v) is 7.66. The van der Waals surface area contributed by atoms with E-state index in [9.17, 15) is 14.4 Å². The van der Waals surface area contributed by atoms with Gasteiger partial charge in [0.25, 0.3) is 11.8 Å². The lowest BCUT2D eigenvalue weighted by molar-refractivity contribution is -0.121. The largest absolute Gasteiger partial charge is 0.475 e. The average Bonchev–Trinajstić information content (AvgIpc) is 2.84. The first-order chi connectivity index (χ1) is 16.1. The van der Waals surface area contributed by atoms with Crippen molar-refractivity contribution in [2.45, 2.75) is 19.4 Å². The number of aromatic nitrogens is 1. The number of amides is 3. The third-order valence-corrected chi connectivity index (χ3v) is 5.49. The van der Waals surface area contributed by atoms with Crippen LogP contribution in [0.5, 0.6) is 5.88 Å². The number of methoxy groups -OCH3 is 1. The summed E-state index contributed by atoms with van der Waals surface area (Å²) in [6, 6.07) is 14.5. The Hall–Kier alpha value is -3.78. The highest BCUT2D eigenvalue weighted by Gasteiger charge is 2.32. The van der Waals surface area contributed by atoms with Crippen LogP contribution in [0, 0.1) is 0 Å². The van der Waals surface area contributed by atoms with Gasteiger partial charge in [-0.3, -0.25) is 19.3 Å². The van der Waals surface area contributed by atoms with Crippen molar-refractivity contribution in [1.29, 1.82) is 0 Å². The van der Waals surface area contributed by atoms with E-state index in [0.717, 1.165) is 10.9 Å². The van der Waals surface area contributed by atoms with Gasteiger partial charge in [0.1, 0.15) is 6.61 Å². The third-order valence-electron chi connectivity index (χ3n) is 5.49. The van der Waals surface area contributed by atoms with Gasteiger partial charge in [-0.15, -0.1) is 0 Å². The first kappa shape index (κ1) is 22.4. The zero-order valence-electron chi connectivity index (χ0n) is 18.4. The van der Waals surface area contributed by atoms with Crippen molar-refractivity contribution < 1.29 is 23.9 Å². The molecule has 0 bridgehead atoms. The number of carbonyl (C=O) groups is 3. The first-order valence-electron chi connectivity index (χ1n) is 10.8. The molecule has 0 aliphatic carbocycles. The monoisotopic (exact) mass is 447 g/mol. The maximum Gasteiger partial charge on any atom is 0.261 e. The smallest absolute Gasteiger partial charge is 0.261 e. The number of nitrogens with one attached hydrogen (secondary N) is 1. The Bertz CT molecular complexity index is 1140. The Morgan fingerprint density at radius 2 is 1.73 bits per heavy atom. The van der Waals surface area contributed by atoms with Gasteiger partial charge < -0.3 is 14.8 Å². The summed E-state index contributed by atoms with van der Waals surface area (Å²) in [5, 5.41) is 4.41. The molecule has 33 heavy (non-hydrogen) atoms. The van der Waals surface area contributed by atoms with Gasteiger partial charge in [-0.2, -0.15) is 0 Å². The standard InChI is InChI=1S/C25H25N3O5/c1-32-14-15-33-23-18(8-4-12-26-23)16-27-21(29)11-5-13-28-24(30)19-9-2-6-17-7-3-10-20(22(17)19)25(28)31/h2-4,6-10,12H,5,11,13-16H2,1H3,(H,27,29). The fourth-order valence-electron chi connectivity index (χ4n) is 3.87. The summed E-state index contributed by atoms with van der Waals surface area (Å²) in [4.78, 5) is 43.6. The van der Waals surface area contributed by atoms with Crippen molar-refractivity contribution in [3.8, 4) is 5.88 Å². The fraction of sp³-hybridized carbons (Fsp3) is 0.280. The molecule has 170 valence electrons. The number of benzene rings is 2. The van der Waals surface area contributed by atoms with E-state index in [4.69, 9.17) is 9.47 Å². The molecule has 3 aromatic rings. The molecular formula is C25H25N3O5. The van der Waals surface area contributed by atoms with Crippen LogP contribution in [0.3, 0.4) is 0 Å². The lowest BCUT2D eigenvalue weighted by Crippen LogP contribution is -2.41. The molecule has 2 heterocycles. The lowest BCUT2D eigenvalue weighted by Gasteiger charge is -2.27. The second-order valence-electron chi connectivity index (χ2n) is 7.66. The predicted molar refractivity (Wildman–Crippen MR) is 122 cm³/mol. The molecule has 0 saturated heterocycles. The summed E-state index contributed by atoms with van der Waals surface area (Å²) in [7, 11) is 1.59. The summed E-state index contributed by atoms with van der Waals surface area (Å²) >= 11 is 0. The fourth-order valence-corrected chi connectivity index (χ4v) is 3.87. The molecule has 0 spiro atoms. The Morgan fingerprint density at radius 1 is 1.00 bits per heavy atom. The van der Waals surface area contributed by atoms with Crippen molar-refractivity contribution in [1.82, 2.24) is 15.2 Å². The summed E-state index contributed by atoms with van der Waals surface area (Å²) < 4.78 is 10.5. The molecule has 0 radical (unpaired) electrons. The number of imide groups is 1. The third kappa shape index (κ3) is 4.85. The Labute approximate surface area is 191 Å². The van der Waals surface area contributed by atoms with E-state index in [0.29, 0.717) is 42.0 Å². The molecule has 2 aromatic carbocycles. The lowest BCUT2D eigenvalue weighted by atomic mass is 9.94. The number of nitrogens with zero attached hydrogens (tertiary/aromatic N) is 2. The van der Waals surface area contributed by atoms with Gasteiger partial charge in [0.15, 0.2) is 0 Å². The van der Waals surface area contributed by atoms with Gasteiger partial charge >= 0.3 is 0 Å². The summed E-state index contributed by atoms with van der Waals surface area (Å²) in [6.07, 6.45) is 2.17. The van der Waals surface area contributed by atoms with Gasteiger partial charge in [0.2, 0.25) is 11.8 Å². The van der Waals surface area contributed by atoms with Crippen LogP contribution in [-0.4, -0.2) is 54.5 Å². The zero-order valence-corrected chi connectivity index (χ0v) is 18.4. The number of hydrogen-bond donors (Lipinski definition) is 1. The molecule has 8 nitrogen and oxygen atoms in total. The van der Waals surface area contributed by atoms with E-state index in [1.165, 1.54) is 4.90 Å². The topological polar surface area (TPSA) is 97.8 Å². The van der Waals surface area contributed by atoms with Gasteiger partial charge in [-0.1, -0.05) is 30.3 Å². The average molecular weight is 447 g/mol. The Kier molecular flexibility index (Phi) is 6.95. The van der Waals surface area contributed by atoms with Crippen LogP contribution in [-0.2, 0) is 16.1 Å². The highest BCUT2D eigenvalue weighted by molar-refractivity contribution is 6.25. The van der Waals surface area contributed by atoms with Crippen molar-refractivity contribution in [3.05, 3.63) is 71.4 Å². The Morgan fingerprint density at radius 3 is 2.42 bits per heavy atom. The maximum atomic E-state index is 12.9. The molecule has 1 aliphatic rings. The number of carbonyl (C=O) groups excluding carboxylic acids is 3. The van der Waals surface area contributed by atoms with Crippen LogP contribution in [0.2, 0.25) is 0 Å². The minimum Gasteiger partial charge on any atom is -0.475 e. The van der Waals surface area contributed by atoms with Crippen LogP contribution in [0.15, 0.2) is 54.7 Å². The van der Waals surface area contributed by atoms with E-state index in [1.54, 1.807) is 31.5 Å². The molecule has 4 rings (SSSR count). The van der Waals surface area contributed by atoms with E-state index in [1.807, 2.05) is 30.3 Å². The van der Waals surface area contributed by atoms with Crippen LogP contribution < -0.4 is 10.1 Å². The summed E-state index contributed by atoms with van der Waals surface area (Å²) in [5.74, 6) is -0.371. The highest BCUT2D eigenvalue weighted by atomic mass is 16.5. The minimum atomic E-state index is -0.321. The molecule has 8 heteroatoms. The van der Waals surface area contributed by atoms with Crippen molar-refractivity contribution in [2.75, 3.05) is 26.9 Å². The first-order valence-corrected chi connectivity index (χ1v) is 10.8. The van der Waals surface area contributed by atoms with Crippen molar-refractivity contribution in [3.63, 3.8) is 0 Å². The van der Waals surface area contributed by atoms with Crippen molar-refractivity contribution in [2.24, 2.45) is 0 Å². The zero-order chi connectivity index (χ0) is 23.2. The van der Waals surface area contributed by atoms with E-state index in [2.05, 4.69) is 10.3 Å². The van der Waals surface area contributed by atoms with Crippen molar-refractivity contribution >= 4 is 28.5 Å².